The molecule has 0 aromatic carbocycles. The van der Waals surface area contributed by atoms with Crippen molar-refractivity contribution < 1.29 is 4.74 Å². The van der Waals surface area contributed by atoms with Crippen molar-refractivity contribution in [1.82, 2.24) is 15.5 Å². The number of nitrogens with one attached hydrogen (secondary N) is 2. The van der Waals surface area contributed by atoms with E-state index in [4.69, 9.17) is 9.73 Å². The second-order valence-electron chi connectivity index (χ2n) is 7.28. The molecule has 5 heteroatoms. The van der Waals surface area contributed by atoms with E-state index in [9.17, 15) is 0 Å². The topological polar surface area (TPSA) is 48.9 Å². The minimum Gasteiger partial charge on any atom is -0.379 e. The van der Waals surface area contributed by atoms with Crippen molar-refractivity contribution in [3.05, 3.63) is 0 Å². The summed E-state index contributed by atoms with van der Waals surface area (Å²) in [7, 11) is 0. The molecule has 0 aromatic rings. The normalized spacial score (nSPS) is 22.5. The van der Waals surface area contributed by atoms with Gasteiger partial charge in [0.15, 0.2) is 5.96 Å². The van der Waals surface area contributed by atoms with Crippen LogP contribution in [-0.4, -0.2) is 62.3 Å². The Morgan fingerprint density at radius 2 is 1.91 bits per heavy atom. The maximum atomic E-state index is 5.51. The highest BCUT2D eigenvalue weighted by Gasteiger charge is 2.22. The number of hydrogen-bond acceptors (Lipinski definition) is 3. The predicted octanol–water partition coefficient (Wildman–Crippen LogP) is 2.23. The van der Waals surface area contributed by atoms with Gasteiger partial charge in [-0.05, 0) is 32.1 Å². The number of nitrogens with zero attached hydrogens (tertiary/aromatic N) is 2. The third-order valence-corrected chi connectivity index (χ3v) is 4.81. The van der Waals surface area contributed by atoms with Gasteiger partial charge in [-0.3, -0.25) is 9.89 Å². The minimum atomic E-state index is 0.526. The number of rotatable bonds is 7. The fourth-order valence-corrected chi connectivity index (χ4v) is 3.61. The molecule has 1 saturated heterocycles. The summed E-state index contributed by atoms with van der Waals surface area (Å²) in [5.41, 5.74) is 0. The molecule has 0 aromatic heterocycles. The van der Waals surface area contributed by atoms with E-state index in [0.717, 1.165) is 45.4 Å². The fourth-order valence-electron chi connectivity index (χ4n) is 3.61. The quantitative estimate of drug-likeness (QED) is 0.557. The second-order valence-corrected chi connectivity index (χ2v) is 7.28. The van der Waals surface area contributed by atoms with Crippen LogP contribution in [0.2, 0.25) is 0 Å². The van der Waals surface area contributed by atoms with Crippen LogP contribution in [0.4, 0.5) is 0 Å². The zero-order valence-corrected chi connectivity index (χ0v) is 15.3. The van der Waals surface area contributed by atoms with E-state index < -0.39 is 0 Å². The monoisotopic (exact) mass is 324 g/mol. The molecule has 1 aliphatic carbocycles. The molecule has 0 bridgehead atoms. The van der Waals surface area contributed by atoms with E-state index in [1.807, 2.05) is 0 Å². The van der Waals surface area contributed by atoms with Crippen molar-refractivity contribution in [2.75, 3.05) is 39.4 Å². The van der Waals surface area contributed by atoms with Crippen molar-refractivity contribution >= 4 is 5.96 Å². The number of aliphatic imine (C=N–C) groups is 1. The first-order chi connectivity index (χ1) is 11.2. The van der Waals surface area contributed by atoms with E-state index in [1.165, 1.54) is 32.1 Å². The standard InChI is InChI=1S/C18H36N4O/c1-4-19-18(21-16-7-5-6-8-16)20-14-17(13-15(2)3)22-9-11-23-12-10-22/h15-17H,4-14H2,1-3H3,(H2,19,20,21). The van der Waals surface area contributed by atoms with Crippen LogP contribution in [0, 0.1) is 5.92 Å². The Kier molecular flexibility index (Phi) is 8.17. The highest BCUT2D eigenvalue weighted by Crippen LogP contribution is 2.18. The molecule has 1 atom stereocenters. The summed E-state index contributed by atoms with van der Waals surface area (Å²) in [6, 6.07) is 1.14. The highest BCUT2D eigenvalue weighted by molar-refractivity contribution is 5.80. The molecule has 1 unspecified atom stereocenters. The van der Waals surface area contributed by atoms with Crippen LogP contribution >= 0.6 is 0 Å². The van der Waals surface area contributed by atoms with Gasteiger partial charge in [0.2, 0.25) is 0 Å². The zero-order valence-electron chi connectivity index (χ0n) is 15.3. The summed E-state index contributed by atoms with van der Waals surface area (Å²) in [5.74, 6) is 1.70. The molecule has 0 radical (unpaired) electrons. The maximum Gasteiger partial charge on any atom is 0.191 e. The Balaban J connectivity index is 1.93. The molecule has 1 heterocycles. The van der Waals surface area contributed by atoms with Crippen molar-refractivity contribution in [2.45, 2.75) is 65.0 Å². The van der Waals surface area contributed by atoms with Crippen molar-refractivity contribution in [3.8, 4) is 0 Å². The van der Waals surface area contributed by atoms with Crippen LogP contribution in [0.3, 0.4) is 0 Å². The van der Waals surface area contributed by atoms with Gasteiger partial charge in [0.25, 0.3) is 0 Å². The molecular formula is C18H36N4O. The summed E-state index contributed by atoms with van der Waals surface area (Å²) in [5, 5.41) is 7.04. The molecule has 1 saturated carbocycles. The van der Waals surface area contributed by atoms with Gasteiger partial charge in [-0.25, -0.2) is 0 Å². The van der Waals surface area contributed by atoms with Gasteiger partial charge in [-0.15, -0.1) is 0 Å². The summed E-state index contributed by atoms with van der Waals surface area (Å²) in [6.45, 7) is 12.3. The van der Waals surface area contributed by atoms with E-state index in [1.54, 1.807) is 0 Å². The molecule has 5 nitrogen and oxygen atoms in total. The molecule has 2 rings (SSSR count). The van der Waals surface area contributed by atoms with Crippen LogP contribution < -0.4 is 10.6 Å². The summed E-state index contributed by atoms with van der Waals surface area (Å²) < 4.78 is 5.51. The molecular weight excluding hydrogens is 288 g/mol. The first kappa shape index (κ1) is 18.5. The van der Waals surface area contributed by atoms with E-state index in [2.05, 4.69) is 36.3 Å². The molecule has 2 N–H and O–H groups in total. The maximum absolute atomic E-state index is 5.51. The lowest BCUT2D eigenvalue weighted by Gasteiger charge is -2.34. The third-order valence-electron chi connectivity index (χ3n) is 4.81. The van der Waals surface area contributed by atoms with E-state index in [0.29, 0.717) is 18.0 Å². The first-order valence-electron chi connectivity index (χ1n) is 9.55. The largest absolute Gasteiger partial charge is 0.379 e. The van der Waals surface area contributed by atoms with E-state index >= 15 is 0 Å². The minimum absolute atomic E-state index is 0.526. The smallest absolute Gasteiger partial charge is 0.191 e. The Hall–Kier alpha value is -0.810. The molecule has 23 heavy (non-hydrogen) atoms. The summed E-state index contributed by atoms with van der Waals surface area (Å²) in [4.78, 5) is 7.48. The lowest BCUT2D eigenvalue weighted by molar-refractivity contribution is 0.0143. The highest BCUT2D eigenvalue weighted by atomic mass is 16.5. The average molecular weight is 325 g/mol. The lowest BCUT2D eigenvalue weighted by atomic mass is 10.0. The SMILES string of the molecule is CCNC(=NCC(CC(C)C)N1CCOCC1)NC1CCCC1. The number of morpholine rings is 1. The molecule has 2 aliphatic rings. The Morgan fingerprint density at radius 3 is 2.52 bits per heavy atom. The van der Waals surface area contributed by atoms with Gasteiger partial charge in [0.1, 0.15) is 0 Å². The molecule has 0 amide bonds. The van der Waals surface area contributed by atoms with Crippen molar-refractivity contribution in [2.24, 2.45) is 10.9 Å². The van der Waals surface area contributed by atoms with Crippen LogP contribution in [0.1, 0.15) is 52.9 Å². The number of ether oxygens (including phenoxy) is 1. The fraction of sp³-hybridized carbons (Fsp3) is 0.944. The molecule has 2 fully saturated rings. The second kappa shape index (κ2) is 10.1. The third kappa shape index (κ3) is 6.68. The Morgan fingerprint density at radius 1 is 1.22 bits per heavy atom. The van der Waals surface area contributed by atoms with Gasteiger partial charge in [-0.2, -0.15) is 0 Å². The van der Waals surface area contributed by atoms with Gasteiger partial charge in [0, 0.05) is 31.7 Å². The molecule has 1 aliphatic heterocycles. The van der Waals surface area contributed by atoms with Crippen LogP contribution in [0.5, 0.6) is 0 Å². The predicted molar refractivity (Wildman–Crippen MR) is 97.0 cm³/mol. The summed E-state index contributed by atoms with van der Waals surface area (Å²) in [6.07, 6.45) is 6.46. The number of guanidine groups is 1. The van der Waals surface area contributed by atoms with Crippen LogP contribution in [0.15, 0.2) is 4.99 Å². The van der Waals surface area contributed by atoms with Gasteiger partial charge in [-0.1, -0.05) is 26.7 Å². The lowest BCUT2D eigenvalue weighted by Crippen LogP contribution is -2.47. The molecule has 0 spiro atoms. The Labute approximate surface area is 142 Å². The van der Waals surface area contributed by atoms with Gasteiger partial charge < -0.3 is 15.4 Å². The zero-order chi connectivity index (χ0) is 16.5. The summed E-state index contributed by atoms with van der Waals surface area (Å²) >= 11 is 0. The average Bonchev–Trinajstić information content (AvgIpc) is 3.05. The molecule has 134 valence electrons. The van der Waals surface area contributed by atoms with E-state index in [-0.39, 0.29) is 0 Å². The first-order valence-corrected chi connectivity index (χ1v) is 9.55. The van der Waals surface area contributed by atoms with Crippen LogP contribution in [-0.2, 0) is 4.74 Å². The Bertz CT molecular complexity index is 347. The van der Waals surface area contributed by atoms with Gasteiger partial charge in [0.05, 0.1) is 19.8 Å². The van der Waals surface area contributed by atoms with Crippen LogP contribution in [0.25, 0.3) is 0 Å². The van der Waals surface area contributed by atoms with Gasteiger partial charge >= 0.3 is 0 Å². The van der Waals surface area contributed by atoms with Crippen molar-refractivity contribution in [1.29, 1.82) is 0 Å². The van der Waals surface area contributed by atoms with Crippen molar-refractivity contribution in [3.63, 3.8) is 0 Å². The number of hydrogen-bond donors (Lipinski definition) is 2.